The van der Waals surface area contributed by atoms with Gasteiger partial charge in [-0.05, 0) is 36.4 Å². The van der Waals surface area contributed by atoms with Gasteiger partial charge in [-0.3, -0.25) is 10.1 Å². The number of carbonyl (C=O) groups is 2. The maximum atomic E-state index is 12.7. The predicted molar refractivity (Wildman–Crippen MR) is 123 cm³/mol. The number of anilines is 1. The lowest BCUT2D eigenvalue weighted by Gasteiger charge is -2.18. The van der Waals surface area contributed by atoms with Gasteiger partial charge in [0.1, 0.15) is 17.1 Å². The van der Waals surface area contributed by atoms with Gasteiger partial charge in [0.25, 0.3) is 5.91 Å². The molecule has 0 unspecified atom stereocenters. The minimum atomic E-state index is -3.84. The van der Waals surface area contributed by atoms with Gasteiger partial charge < -0.3 is 14.6 Å². The van der Waals surface area contributed by atoms with Crippen molar-refractivity contribution in [1.29, 1.82) is 0 Å². The number of nitrogens with zero attached hydrogens (tertiary/aromatic N) is 2. The van der Waals surface area contributed by atoms with Crippen LogP contribution in [0.4, 0.5) is 5.13 Å². The van der Waals surface area contributed by atoms with Crippen LogP contribution in [0.1, 0.15) is 24.2 Å². The van der Waals surface area contributed by atoms with Crippen molar-refractivity contribution in [1.82, 2.24) is 9.29 Å². The van der Waals surface area contributed by atoms with Gasteiger partial charge in [-0.1, -0.05) is 25.2 Å². The Morgan fingerprint density at radius 2 is 1.88 bits per heavy atom. The predicted octanol–water partition coefficient (Wildman–Crippen LogP) is 2.84. The topological polar surface area (TPSA) is 135 Å². The van der Waals surface area contributed by atoms with E-state index < -0.39 is 34.3 Å². The van der Waals surface area contributed by atoms with E-state index in [0.717, 1.165) is 16.8 Å². The van der Waals surface area contributed by atoms with Crippen LogP contribution in [0.3, 0.4) is 0 Å². The second-order valence-electron chi connectivity index (χ2n) is 6.75. The molecule has 2 N–H and O–H groups in total. The highest BCUT2D eigenvalue weighted by molar-refractivity contribution is 7.89. The quantitative estimate of drug-likeness (QED) is 0.435. The van der Waals surface area contributed by atoms with Crippen LogP contribution in [0, 0.1) is 0 Å². The van der Waals surface area contributed by atoms with E-state index in [9.17, 15) is 23.1 Å². The van der Waals surface area contributed by atoms with Gasteiger partial charge in [-0.25, -0.2) is 18.2 Å². The Kier molecular flexibility index (Phi) is 7.51. The van der Waals surface area contributed by atoms with Gasteiger partial charge >= 0.3 is 5.97 Å². The first-order valence-corrected chi connectivity index (χ1v) is 12.2. The number of amides is 1. The zero-order chi connectivity index (χ0) is 24.2. The summed E-state index contributed by atoms with van der Waals surface area (Å²) in [6.45, 7) is 3.23. The van der Waals surface area contributed by atoms with Crippen molar-refractivity contribution >= 4 is 48.6 Å². The number of rotatable bonds is 9. The fraction of sp³-hybridized carbons (Fsp3) is 0.286. The highest BCUT2D eigenvalue weighted by Crippen LogP contribution is 2.29. The normalized spacial score (nSPS) is 11.5. The molecule has 0 fully saturated rings. The summed E-state index contributed by atoms with van der Waals surface area (Å²) >= 11 is 1.22. The molecule has 0 atom stereocenters. The van der Waals surface area contributed by atoms with Crippen LogP contribution in [0.5, 0.6) is 11.5 Å². The van der Waals surface area contributed by atoms with Crippen LogP contribution < -0.4 is 10.1 Å². The number of nitrogens with one attached hydrogen (secondary N) is 1. The lowest BCUT2D eigenvalue weighted by Crippen LogP contribution is -2.30. The van der Waals surface area contributed by atoms with E-state index in [1.807, 2.05) is 0 Å². The second-order valence-corrected chi connectivity index (χ2v) is 9.71. The minimum absolute atomic E-state index is 0.162. The van der Waals surface area contributed by atoms with E-state index in [4.69, 9.17) is 9.47 Å². The van der Waals surface area contributed by atoms with Crippen molar-refractivity contribution in [3.63, 3.8) is 0 Å². The molecule has 33 heavy (non-hydrogen) atoms. The first-order valence-electron chi connectivity index (χ1n) is 9.94. The molecule has 1 amide bonds. The third-order valence-corrected chi connectivity index (χ3v) is 7.69. The molecule has 0 aliphatic rings. The Morgan fingerprint density at radius 3 is 2.55 bits per heavy atom. The average molecular weight is 494 g/mol. The molecule has 10 nitrogen and oxygen atoms in total. The summed E-state index contributed by atoms with van der Waals surface area (Å²) < 4.78 is 37.5. The summed E-state index contributed by atoms with van der Waals surface area (Å²) in [5.74, 6) is -1.48. The van der Waals surface area contributed by atoms with Crippen molar-refractivity contribution < 1.29 is 32.6 Å². The number of benzene rings is 2. The molecule has 0 saturated heterocycles. The summed E-state index contributed by atoms with van der Waals surface area (Å²) in [6.07, 6.45) is 0. The summed E-state index contributed by atoms with van der Waals surface area (Å²) in [5, 5.41) is 12.9. The summed E-state index contributed by atoms with van der Waals surface area (Å²) in [6, 6.07) is 8.62. The molecule has 3 aromatic rings. The third kappa shape index (κ3) is 5.41. The van der Waals surface area contributed by atoms with Crippen molar-refractivity contribution in [3.8, 4) is 11.5 Å². The molecule has 1 aromatic heterocycles. The Labute approximate surface area is 194 Å². The van der Waals surface area contributed by atoms with Crippen LogP contribution >= 0.6 is 11.3 Å². The highest BCUT2D eigenvalue weighted by atomic mass is 32.2. The van der Waals surface area contributed by atoms with E-state index in [2.05, 4.69) is 10.3 Å². The van der Waals surface area contributed by atoms with Gasteiger partial charge in [0.15, 0.2) is 11.7 Å². The zero-order valence-electron chi connectivity index (χ0n) is 18.2. The Balaban J connectivity index is 1.68. The molecule has 0 bridgehead atoms. The maximum absolute atomic E-state index is 12.7. The van der Waals surface area contributed by atoms with Crippen molar-refractivity contribution in [3.05, 3.63) is 42.0 Å². The van der Waals surface area contributed by atoms with Gasteiger partial charge in [0, 0.05) is 13.1 Å². The first-order chi connectivity index (χ1) is 15.7. The number of esters is 1. The van der Waals surface area contributed by atoms with Crippen molar-refractivity contribution in [2.45, 2.75) is 18.7 Å². The number of aromatic hydroxyl groups is 1. The van der Waals surface area contributed by atoms with Crippen molar-refractivity contribution in [2.24, 2.45) is 0 Å². The molecule has 0 aliphatic heterocycles. The highest BCUT2D eigenvalue weighted by Gasteiger charge is 2.25. The molecule has 0 radical (unpaired) electrons. The number of methoxy groups -OCH3 is 1. The lowest BCUT2D eigenvalue weighted by molar-refractivity contribution is -0.119. The number of ether oxygens (including phenoxy) is 2. The van der Waals surface area contributed by atoms with Crippen LogP contribution in [-0.2, 0) is 19.6 Å². The van der Waals surface area contributed by atoms with E-state index in [-0.39, 0.29) is 23.5 Å². The van der Waals surface area contributed by atoms with Gasteiger partial charge in [0.05, 0.1) is 22.2 Å². The zero-order valence-corrected chi connectivity index (χ0v) is 19.8. The summed E-state index contributed by atoms with van der Waals surface area (Å²) in [5.41, 5.74) is 0.312. The average Bonchev–Trinajstić information content (AvgIpc) is 3.19. The van der Waals surface area contributed by atoms with Crippen LogP contribution in [0.2, 0.25) is 0 Å². The fourth-order valence-corrected chi connectivity index (χ4v) is 5.40. The number of thiazole rings is 1. The first kappa shape index (κ1) is 24.4. The van der Waals surface area contributed by atoms with Gasteiger partial charge in [-0.15, -0.1) is 0 Å². The molecule has 12 heteroatoms. The van der Waals surface area contributed by atoms with E-state index >= 15 is 0 Å². The number of hydrogen-bond donors (Lipinski definition) is 2. The smallest absolute Gasteiger partial charge is 0.342 e. The van der Waals surface area contributed by atoms with Gasteiger partial charge in [0.2, 0.25) is 10.0 Å². The number of aromatic nitrogens is 1. The summed E-state index contributed by atoms with van der Waals surface area (Å²) in [4.78, 5) is 28.8. The molecule has 2 aromatic carbocycles. The SMILES string of the molecule is CCN(CC)S(=O)(=O)c1ccc(O)c(C(=O)OCC(=O)Nc2nc3ccc(OC)cc3s2)c1. The number of phenols is 1. The monoisotopic (exact) mass is 493 g/mol. The van der Waals surface area contributed by atoms with Crippen LogP contribution in [-0.4, -0.2) is 61.5 Å². The number of hydrogen-bond acceptors (Lipinski definition) is 9. The van der Waals surface area contributed by atoms with E-state index in [1.54, 1.807) is 39.2 Å². The van der Waals surface area contributed by atoms with Crippen LogP contribution in [0.15, 0.2) is 41.3 Å². The molecule has 0 aliphatic carbocycles. The Morgan fingerprint density at radius 1 is 1.15 bits per heavy atom. The largest absolute Gasteiger partial charge is 0.507 e. The maximum Gasteiger partial charge on any atom is 0.342 e. The van der Waals surface area contributed by atoms with Crippen molar-refractivity contribution in [2.75, 3.05) is 32.1 Å². The molecule has 0 spiro atoms. The third-order valence-electron chi connectivity index (χ3n) is 4.71. The van der Waals surface area contributed by atoms with Gasteiger partial charge in [-0.2, -0.15) is 4.31 Å². The molecule has 0 saturated carbocycles. The molecular weight excluding hydrogens is 470 g/mol. The van der Waals surface area contributed by atoms with Crippen LogP contribution in [0.25, 0.3) is 10.2 Å². The minimum Gasteiger partial charge on any atom is -0.507 e. The molecular formula is C21H23N3O7S2. The summed E-state index contributed by atoms with van der Waals surface area (Å²) in [7, 11) is -2.30. The fourth-order valence-electron chi connectivity index (χ4n) is 3.00. The Hall–Kier alpha value is -3.22. The second kappa shape index (κ2) is 10.1. The lowest BCUT2D eigenvalue weighted by atomic mass is 10.2. The number of phenolic OH excluding ortho intramolecular Hbond substituents is 1. The standard InChI is InChI=1S/C21H23N3O7S2/c1-4-24(5-2)33(28,29)14-7-9-17(25)15(11-14)20(27)31-12-19(26)23-21-22-16-8-6-13(30-3)10-18(16)32-21/h6-11,25H,4-5,12H2,1-3H3,(H,22,23,26). The number of carbonyl (C=O) groups excluding carboxylic acids is 2. The molecule has 3 rings (SSSR count). The number of sulfonamides is 1. The molecule has 1 heterocycles. The number of fused-ring (bicyclic) bond motifs is 1. The van der Waals surface area contributed by atoms with E-state index in [0.29, 0.717) is 16.4 Å². The Bertz CT molecular complexity index is 1280. The van der Waals surface area contributed by atoms with E-state index in [1.165, 1.54) is 21.7 Å². The molecule has 176 valence electrons.